The van der Waals surface area contributed by atoms with E-state index >= 15 is 0 Å². The first-order valence-corrected chi connectivity index (χ1v) is 14.1. The molecule has 6 atom stereocenters. The van der Waals surface area contributed by atoms with Crippen LogP contribution in [0.15, 0.2) is 42.5 Å². The van der Waals surface area contributed by atoms with E-state index in [9.17, 15) is 20.2 Å². The van der Waals surface area contributed by atoms with Crippen LogP contribution in [0.5, 0.6) is 17.2 Å². The number of methoxy groups -OCH3 is 1. The summed E-state index contributed by atoms with van der Waals surface area (Å²) < 4.78 is 11.5. The molecule has 1 spiro atoms. The summed E-state index contributed by atoms with van der Waals surface area (Å²) in [5.74, 6) is 1.47. The van der Waals surface area contributed by atoms with E-state index in [4.69, 9.17) is 9.47 Å². The Hall–Kier alpha value is -3.07. The average Bonchev–Trinajstić information content (AvgIpc) is 3.66. The van der Waals surface area contributed by atoms with Crippen molar-refractivity contribution in [1.82, 2.24) is 4.90 Å². The van der Waals surface area contributed by atoms with Crippen LogP contribution in [0.2, 0.25) is 0 Å². The number of amides is 1. The molecule has 7 rings (SSSR count). The molecule has 3 aliphatic carbocycles. The molecule has 5 aliphatic rings. The topological polar surface area (TPSA) is 102 Å². The molecule has 2 bridgehead atoms. The van der Waals surface area contributed by atoms with Gasteiger partial charge < -0.3 is 34.4 Å². The summed E-state index contributed by atoms with van der Waals surface area (Å²) in [6.07, 6.45) is 6.86. The van der Waals surface area contributed by atoms with Crippen molar-refractivity contribution in [3.8, 4) is 17.2 Å². The molecule has 2 saturated carbocycles. The third-order valence-electron chi connectivity index (χ3n) is 10.4. The fraction of sp³-hybridized carbons (Fsp3) is 0.516. The number of likely N-dealkylation sites (tertiary alicyclic amines) is 1. The van der Waals surface area contributed by atoms with Crippen molar-refractivity contribution >= 4 is 12.0 Å². The standard InChI is InChI=1S/C31H36N2O6/c1-32(26(35)11-8-19-4-3-5-22(16-19)38-2)23-12-13-31(36)25-17-21-9-10-24(34)28-27(21)30(31,29(23)39-28)14-15-33(25,37)18-20-6-7-20/h3-5,8-11,16,20,23,25,29,34,36H,6-7,12-15,17-18H2,1-2H3/t23-,25-,29+,30+,31-,33?/m1/s1. The van der Waals surface area contributed by atoms with Gasteiger partial charge in [-0.2, -0.15) is 0 Å². The van der Waals surface area contributed by atoms with Crippen LogP contribution < -0.4 is 9.47 Å². The van der Waals surface area contributed by atoms with Gasteiger partial charge in [-0.15, -0.1) is 0 Å². The maximum atomic E-state index is 14.4. The minimum absolute atomic E-state index is 0.0513. The number of piperidine rings is 1. The molecule has 8 heteroatoms. The SMILES string of the molecule is COc1cccc(C=CC(=O)N(C)[C@@H]2CC[C@@]3(O)[C@H]4Cc5ccc(O)c6c5[C@@]3(CC[N+]4([O-])CC3CC3)[C@H]2O6)c1. The number of benzene rings is 2. The Morgan fingerprint density at radius 2 is 2.08 bits per heavy atom. The second kappa shape index (κ2) is 8.46. The number of aliphatic hydroxyl groups is 1. The van der Waals surface area contributed by atoms with Crippen molar-refractivity contribution in [1.29, 1.82) is 0 Å². The first kappa shape index (κ1) is 24.9. The Labute approximate surface area is 228 Å². The Kier molecular flexibility index (Phi) is 5.41. The highest BCUT2D eigenvalue weighted by Crippen LogP contribution is 2.67. The van der Waals surface area contributed by atoms with Crippen LogP contribution in [-0.4, -0.2) is 76.7 Å². The number of phenols is 1. The molecule has 2 aromatic carbocycles. The van der Waals surface area contributed by atoms with E-state index in [1.165, 1.54) is 0 Å². The van der Waals surface area contributed by atoms with Crippen molar-refractivity contribution in [2.45, 2.75) is 67.7 Å². The van der Waals surface area contributed by atoms with Gasteiger partial charge in [-0.05, 0) is 61.1 Å². The molecule has 8 nitrogen and oxygen atoms in total. The number of phenolic OH excluding ortho intramolecular Hbond substituents is 1. The quantitative estimate of drug-likeness (QED) is 0.335. The molecule has 206 valence electrons. The van der Waals surface area contributed by atoms with E-state index in [1.54, 1.807) is 37.3 Å². The summed E-state index contributed by atoms with van der Waals surface area (Å²) in [6.45, 7) is 0.976. The fourth-order valence-electron chi connectivity index (χ4n) is 8.32. The zero-order chi connectivity index (χ0) is 27.2. The zero-order valence-electron chi connectivity index (χ0n) is 22.5. The predicted molar refractivity (Wildman–Crippen MR) is 145 cm³/mol. The predicted octanol–water partition coefficient (Wildman–Crippen LogP) is 3.52. The van der Waals surface area contributed by atoms with Crippen LogP contribution in [0.4, 0.5) is 0 Å². The Morgan fingerprint density at radius 1 is 1.26 bits per heavy atom. The lowest BCUT2D eigenvalue weighted by molar-refractivity contribution is -0.924. The van der Waals surface area contributed by atoms with Crippen molar-refractivity contribution in [2.75, 3.05) is 27.2 Å². The van der Waals surface area contributed by atoms with E-state index in [-0.39, 0.29) is 22.3 Å². The molecular weight excluding hydrogens is 496 g/mol. The van der Waals surface area contributed by atoms with Crippen molar-refractivity contribution in [2.24, 2.45) is 5.92 Å². The maximum Gasteiger partial charge on any atom is 0.246 e. The van der Waals surface area contributed by atoms with Crippen molar-refractivity contribution < 1.29 is 29.1 Å². The molecule has 0 radical (unpaired) electrons. The minimum Gasteiger partial charge on any atom is -0.632 e. The third-order valence-corrected chi connectivity index (χ3v) is 10.4. The molecule has 2 aliphatic heterocycles. The van der Waals surface area contributed by atoms with Crippen LogP contribution >= 0.6 is 0 Å². The summed E-state index contributed by atoms with van der Waals surface area (Å²) in [6, 6.07) is 10.3. The summed E-state index contributed by atoms with van der Waals surface area (Å²) >= 11 is 0. The van der Waals surface area contributed by atoms with E-state index in [2.05, 4.69) is 0 Å². The van der Waals surface area contributed by atoms with Gasteiger partial charge in [0.1, 0.15) is 23.5 Å². The summed E-state index contributed by atoms with van der Waals surface area (Å²) in [5.41, 5.74) is 0.621. The van der Waals surface area contributed by atoms with Crippen LogP contribution in [0.25, 0.3) is 6.08 Å². The number of quaternary nitrogens is 1. The molecule has 3 fully saturated rings. The van der Waals surface area contributed by atoms with Gasteiger partial charge in [0.15, 0.2) is 11.5 Å². The Bertz CT molecular complexity index is 1370. The summed E-state index contributed by atoms with van der Waals surface area (Å²) in [4.78, 5) is 15.1. The molecular formula is C31H36N2O6. The second-order valence-corrected chi connectivity index (χ2v) is 12.3. The van der Waals surface area contributed by atoms with Gasteiger partial charge in [-0.3, -0.25) is 4.79 Å². The molecule has 1 amide bonds. The van der Waals surface area contributed by atoms with E-state index in [0.29, 0.717) is 50.4 Å². The van der Waals surface area contributed by atoms with Gasteiger partial charge in [-0.25, -0.2) is 0 Å². The number of carbonyl (C=O) groups excluding carboxylic acids is 1. The first-order valence-electron chi connectivity index (χ1n) is 14.1. The molecule has 0 aromatic heterocycles. The van der Waals surface area contributed by atoms with Crippen LogP contribution in [-0.2, 0) is 16.6 Å². The lowest BCUT2D eigenvalue weighted by Crippen LogP contribution is -2.81. The van der Waals surface area contributed by atoms with Crippen LogP contribution in [0, 0.1) is 11.1 Å². The number of ether oxygens (including phenoxy) is 2. The van der Waals surface area contributed by atoms with Crippen LogP contribution in [0.1, 0.15) is 48.8 Å². The molecule has 1 saturated heterocycles. The normalized spacial score (nSPS) is 35.8. The van der Waals surface area contributed by atoms with Gasteiger partial charge >= 0.3 is 0 Å². The van der Waals surface area contributed by atoms with E-state index in [0.717, 1.165) is 35.3 Å². The van der Waals surface area contributed by atoms with Gasteiger partial charge in [0.05, 0.1) is 31.7 Å². The number of hydroxylamine groups is 3. The number of rotatable bonds is 6. The monoisotopic (exact) mass is 532 g/mol. The Morgan fingerprint density at radius 3 is 2.85 bits per heavy atom. The molecule has 1 unspecified atom stereocenters. The number of carbonyl (C=O) groups is 1. The number of aromatic hydroxyl groups is 1. The minimum atomic E-state index is -1.25. The molecule has 2 aromatic rings. The highest BCUT2D eigenvalue weighted by Gasteiger charge is 2.76. The van der Waals surface area contributed by atoms with Gasteiger partial charge in [0, 0.05) is 37.4 Å². The Balaban J connectivity index is 1.25. The number of hydrogen-bond acceptors (Lipinski definition) is 6. The second-order valence-electron chi connectivity index (χ2n) is 12.3. The highest BCUT2D eigenvalue weighted by molar-refractivity contribution is 5.92. The number of likely N-dealkylation sites (N-methyl/N-ethyl adjacent to an activating group) is 1. The van der Waals surface area contributed by atoms with Gasteiger partial charge in [-0.1, -0.05) is 18.2 Å². The van der Waals surface area contributed by atoms with Crippen LogP contribution in [0.3, 0.4) is 0 Å². The zero-order valence-corrected chi connectivity index (χ0v) is 22.5. The van der Waals surface area contributed by atoms with Crippen molar-refractivity contribution in [3.05, 3.63) is 64.4 Å². The van der Waals surface area contributed by atoms with Gasteiger partial charge in [0.2, 0.25) is 5.91 Å². The molecule has 2 heterocycles. The van der Waals surface area contributed by atoms with Crippen molar-refractivity contribution in [3.63, 3.8) is 0 Å². The fourth-order valence-corrected chi connectivity index (χ4v) is 8.32. The highest BCUT2D eigenvalue weighted by atomic mass is 16.6. The summed E-state index contributed by atoms with van der Waals surface area (Å²) in [5, 5.41) is 37.8. The summed E-state index contributed by atoms with van der Waals surface area (Å²) in [7, 11) is 3.39. The molecule has 39 heavy (non-hydrogen) atoms. The lowest BCUT2D eigenvalue weighted by atomic mass is 9.48. The number of hydrogen-bond donors (Lipinski definition) is 2. The van der Waals surface area contributed by atoms with E-state index < -0.39 is 23.2 Å². The smallest absolute Gasteiger partial charge is 0.246 e. The average molecular weight is 533 g/mol. The maximum absolute atomic E-state index is 14.4. The number of nitrogens with zero attached hydrogens (tertiary/aromatic N) is 2. The third kappa shape index (κ3) is 3.44. The first-order chi connectivity index (χ1) is 18.7. The largest absolute Gasteiger partial charge is 0.632 e. The van der Waals surface area contributed by atoms with E-state index in [1.807, 2.05) is 30.3 Å². The van der Waals surface area contributed by atoms with Gasteiger partial charge in [0.25, 0.3) is 0 Å². The molecule has 2 N–H and O–H groups in total. The lowest BCUT2D eigenvalue weighted by Gasteiger charge is -2.68.